The molecule has 0 aromatic rings. The van der Waals surface area contributed by atoms with E-state index >= 15 is 0 Å². The van der Waals surface area contributed by atoms with E-state index in [2.05, 4.69) is 5.32 Å². The van der Waals surface area contributed by atoms with Crippen molar-refractivity contribution in [3.05, 3.63) is 0 Å². The van der Waals surface area contributed by atoms with Crippen LogP contribution in [0, 0.1) is 5.92 Å². The van der Waals surface area contributed by atoms with E-state index in [1.54, 1.807) is 21.0 Å². The van der Waals surface area contributed by atoms with Gasteiger partial charge in [0, 0.05) is 20.6 Å². The molecule has 0 saturated heterocycles. The van der Waals surface area contributed by atoms with Crippen molar-refractivity contribution in [2.45, 2.75) is 26.3 Å². The zero-order valence-electron chi connectivity index (χ0n) is 9.91. The number of likely N-dealkylation sites (N-methyl/N-ethyl adjacent to an activating group) is 1. The molecule has 0 heterocycles. The number of nitrogens with one attached hydrogen (secondary N) is 1. The zero-order chi connectivity index (χ0) is 12.0. The molecular formula is C10H21N3O2. The second-order valence-corrected chi connectivity index (χ2v) is 3.75. The van der Waals surface area contributed by atoms with Crippen LogP contribution in [0.25, 0.3) is 0 Å². The van der Waals surface area contributed by atoms with Gasteiger partial charge in [-0.3, -0.25) is 9.59 Å². The fraction of sp³-hybridized carbons (Fsp3) is 0.800. The number of hydrogen-bond donors (Lipinski definition) is 2. The number of amides is 2. The van der Waals surface area contributed by atoms with Gasteiger partial charge in [0.15, 0.2) is 0 Å². The largest absolute Gasteiger partial charge is 0.359 e. The molecule has 0 fully saturated rings. The lowest BCUT2D eigenvalue weighted by atomic mass is 10.1. The third-order valence-corrected chi connectivity index (χ3v) is 2.37. The SMILES string of the molecule is CC[C@H](N)C(=O)N(C)CC(C)C(=O)NC. The molecule has 0 aromatic heterocycles. The van der Waals surface area contributed by atoms with Crippen LogP contribution in [-0.2, 0) is 9.59 Å². The fourth-order valence-electron chi connectivity index (χ4n) is 1.29. The first-order valence-corrected chi connectivity index (χ1v) is 5.16. The van der Waals surface area contributed by atoms with E-state index in [1.165, 1.54) is 4.90 Å². The fourth-order valence-corrected chi connectivity index (χ4v) is 1.29. The molecule has 88 valence electrons. The third-order valence-electron chi connectivity index (χ3n) is 2.37. The van der Waals surface area contributed by atoms with E-state index in [4.69, 9.17) is 5.73 Å². The first kappa shape index (κ1) is 13.9. The molecule has 0 aliphatic carbocycles. The predicted octanol–water partition coefficient (Wildman–Crippen LogP) is -0.436. The van der Waals surface area contributed by atoms with Crippen LogP contribution in [0.5, 0.6) is 0 Å². The van der Waals surface area contributed by atoms with E-state index in [9.17, 15) is 9.59 Å². The van der Waals surface area contributed by atoms with Crippen molar-refractivity contribution in [1.29, 1.82) is 0 Å². The molecule has 0 rings (SSSR count). The molecule has 0 aliphatic rings. The van der Waals surface area contributed by atoms with E-state index in [-0.39, 0.29) is 17.7 Å². The summed E-state index contributed by atoms with van der Waals surface area (Å²) in [7, 11) is 3.25. The average Bonchev–Trinajstić information content (AvgIpc) is 2.25. The van der Waals surface area contributed by atoms with Gasteiger partial charge in [-0.2, -0.15) is 0 Å². The van der Waals surface area contributed by atoms with Crippen molar-refractivity contribution in [2.75, 3.05) is 20.6 Å². The molecule has 1 unspecified atom stereocenters. The summed E-state index contributed by atoms with van der Waals surface area (Å²) in [6.07, 6.45) is 0.609. The number of nitrogens with two attached hydrogens (primary N) is 1. The Morgan fingerprint density at radius 3 is 2.40 bits per heavy atom. The monoisotopic (exact) mass is 215 g/mol. The van der Waals surface area contributed by atoms with Crippen molar-refractivity contribution in [3.63, 3.8) is 0 Å². The van der Waals surface area contributed by atoms with E-state index in [0.29, 0.717) is 13.0 Å². The molecule has 0 bridgehead atoms. The van der Waals surface area contributed by atoms with Gasteiger partial charge < -0.3 is 16.0 Å². The van der Waals surface area contributed by atoms with Gasteiger partial charge in [-0.1, -0.05) is 13.8 Å². The van der Waals surface area contributed by atoms with Gasteiger partial charge in [-0.25, -0.2) is 0 Å². The minimum Gasteiger partial charge on any atom is -0.359 e. The van der Waals surface area contributed by atoms with Gasteiger partial charge >= 0.3 is 0 Å². The maximum atomic E-state index is 11.6. The molecule has 0 aliphatic heterocycles. The Morgan fingerprint density at radius 2 is 2.00 bits per heavy atom. The van der Waals surface area contributed by atoms with Crippen LogP contribution in [-0.4, -0.2) is 43.4 Å². The topological polar surface area (TPSA) is 75.4 Å². The summed E-state index contributed by atoms with van der Waals surface area (Å²) in [4.78, 5) is 24.3. The molecule has 5 nitrogen and oxygen atoms in total. The van der Waals surface area contributed by atoms with Crippen molar-refractivity contribution in [3.8, 4) is 0 Å². The predicted molar refractivity (Wildman–Crippen MR) is 59.1 cm³/mol. The minimum absolute atomic E-state index is 0.0697. The van der Waals surface area contributed by atoms with Crippen molar-refractivity contribution < 1.29 is 9.59 Å². The van der Waals surface area contributed by atoms with Crippen molar-refractivity contribution in [1.82, 2.24) is 10.2 Å². The molecule has 2 amide bonds. The molecule has 3 N–H and O–H groups in total. The van der Waals surface area contributed by atoms with Crippen LogP contribution in [0.4, 0.5) is 0 Å². The highest BCUT2D eigenvalue weighted by Gasteiger charge is 2.20. The number of rotatable bonds is 5. The molecule has 0 aromatic carbocycles. The van der Waals surface area contributed by atoms with Crippen LogP contribution in [0.1, 0.15) is 20.3 Å². The summed E-state index contributed by atoms with van der Waals surface area (Å²) < 4.78 is 0. The van der Waals surface area contributed by atoms with Crippen LogP contribution in [0.2, 0.25) is 0 Å². The summed E-state index contributed by atoms with van der Waals surface area (Å²) in [6, 6.07) is -0.466. The Balaban J connectivity index is 4.18. The zero-order valence-corrected chi connectivity index (χ0v) is 9.91. The molecular weight excluding hydrogens is 194 g/mol. The highest BCUT2D eigenvalue weighted by molar-refractivity contribution is 5.83. The highest BCUT2D eigenvalue weighted by atomic mass is 16.2. The third kappa shape index (κ3) is 4.29. The normalized spacial score (nSPS) is 14.2. The minimum atomic E-state index is -0.466. The Labute approximate surface area is 91.0 Å². The van der Waals surface area contributed by atoms with E-state index < -0.39 is 6.04 Å². The standard InChI is InChI=1S/C10H21N3O2/c1-5-8(11)10(15)13(4)6-7(2)9(14)12-3/h7-8H,5-6,11H2,1-4H3,(H,12,14)/t7?,8-/m0/s1. The first-order chi connectivity index (χ1) is 6.93. The lowest BCUT2D eigenvalue weighted by molar-refractivity contribution is -0.133. The summed E-state index contributed by atoms with van der Waals surface area (Å²) in [6.45, 7) is 4.03. The van der Waals surface area contributed by atoms with Gasteiger partial charge in [-0.05, 0) is 6.42 Å². The van der Waals surface area contributed by atoms with Gasteiger partial charge in [0.25, 0.3) is 0 Å². The first-order valence-electron chi connectivity index (χ1n) is 5.16. The summed E-state index contributed by atoms with van der Waals surface area (Å²) >= 11 is 0. The van der Waals surface area contributed by atoms with Crippen LogP contribution in [0.3, 0.4) is 0 Å². The maximum absolute atomic E-state index is 11.6. The van der Waals surface area contributed by atoms with Gasteiger partial charge in [0.1, 0.15) is 0 Å². The number of carbonyl (C=O) groups is 2. The molecule has 15 heavy (non-hydrogen) atoms. The maximum Gasteiger partial charge on any atom is 0.239 e. The summed E-state index contributed by atoms with van der Waals surface area (Å²) in [5.41, 5.74) is 5.61. The van der Waals surface area contributed by atoms with Crippen molar-refractivity contribution in [2.24, 2.45) is 11.7 Å². The molecule has 0 saturated carbocycles. The molecule has 5 heteroatoms. The summed E-state index contributed by atoms with van der Waals surface area (Å²) in [5, 5.41) is 2.54. The molecule has 0 radical (unpaired) electrons. The Morgan fingerprint density at radius 1 is 1.47 bits per heavy atom. The Bertz CT molecular complexity index is 231. The van der Waals surface area contributed by atoms with E-state index in [0.717, 1.165) is 0 Å². The number of hydrogen-bond acceptors (Lipinski definition) is 3. The van der Waals surface area contributed by atoms with Crippen LogP contribution < -0.4 is 11.1 Å². The number of nitrogens with zero attached hydrogens (tertiary/aromatic N) is 1. The lowest BCUT2D eigenvalue weighted by Crippen LogP contribution is -2.44. The highest BCUT2D eigenvalue weighted by Crippen LogP contribution is 2.01. The second kappa shape index (κ2) is 6.40. The van der Waals surface area contributed by atoms with Gasteiger partial charge in [0.05, 0.1) is 12.0 Å². The summed E-state index contributed by atoms with van der Waals surface area (Å²) in [5.74, 6) is -0.402. The lowest BCUT2D eigenvalue weighted by Gasteiger charge is -2.23. The second-order valence-electron chi connectivity index (χ2n) is 3.75. The smallest absolute Gasteiger partial charge is 0.239 e. The van der Waals surface area contributed by atoms with Crippen LogP contribution >= 0.6 is 0 Å². The Kier molecular flexibility index (Phi) is 5.93. The number of carbonyl (C=O) groups excluding carboxylic acids is 2. The average molecular weight is 215 g/mol. The van der Waals surface area contributed by atoms with Gasteiger partial charge in [-0.15, -0.1) is 0 Å². The van der Waals surface area contributed by atoms with Crippen molar-refractivity contribution >= 4 is 11.8 Å². The van der Waals surface area contributed by atoms with Gasteiger partial charge in [0.2, 0.25) is 11.8 Å². The molecule has 0 spiro atoms. The van der Waals surface area contributed by atoms with Crippen LogP contribution in [0.15, 0.2) is 0 Å². The quantitative estimate of drug-likeness (QED) is 0.653. The van der Waals surface area contributed by atoms with E-state index in [1.807, 2.05) is 6.92 Å². The Hall–Kier alpha value is -1.10. The molecule has 2 atom stereocenters.